The minimum atomic E-state index is -0.438. The van der Waals surface area contributed by atoms with Crippen molar-refractivity contribution in [2.75, 3.05) is 24.6 Å². The Morgan fingerprint density at radius 3 is 1.61 bits per heavy atom. The molecule has 0 aromatic heterocycles. The van der Waals surface area contributed by atoms with Gasteiger partial charge in [-0.25, -0.2) is 0 Å². The summed E-state index contributed by atoms with van der Waals surface area (Å²) in [5.74, 6) is 0.890. The second kappa shape index (κ2) is 13.9. The molecule has 6 nitrogen and oxygen atoms in total. The SMILES string of the molecule is CC(C)(C)CCC1(C(=O)c2ccc(N)c(Cl)c2)CCCN1.CC(C)CCC1(C(=O)c2ccc(N)c(Cl)c2)CCCN1. The smallest absolute Gasteiger partial charge is 0.182 e. The van der Waals surface area contributed by atoms with Gasteiger partial charge in [-0.1, -0.05) is 57.8 Å². The lowest BCUT2D eigenvalue weighted by atomic mass is 9.78. The second-order valence-corrected chi connectivity index (χ2v) is 14.2. The van der Waals surface area contributed by atoms with E-state index in [2.05, 4.69) is 45.3 Å². The van der Waals surface area contributed by atoms with E-state index >= 15 is 0 Å². The van der Waals surface area contributed by atoms with Crippen LogP contribution in [0.4, 0.5) is 11.4 Å². The Morgan fingerprint density at radius 1 is 0.829 bits per heavy atom. The van der Waals surface area contributed by atoms with Crippen molar-refractivity contribution < 1.29 is 9.59 Å². The molecule has 0 aliphatic carbocycles. The summed E-state index contributed by atoms with van der Waals surface area (Å²) in [6.45, 7) is 12.8. The fraction of sp³-hybridized carbons (Fsp3) is 0.576. The molecule has 6 N–H and O–H groups in total. The van der Waals surface area contributed by atoms with Crippen molar-refractivity contribution in [1.29, 1.82) is 0 Å². The van der Waals surface area contributed by atoms with Gasteiger partial charge >= 0.3 is 0 Å². The Kier molecular flexibility index (Phi) is 11.3. The Morgan fingerprint density at radius 2 is 1.27 bits per heavy atom. The highest BCUT2D eigenvalue weighted by Gasteiger charge is 2.42. The van der Waals surface area contributed by atoms with E-state index in [0.717, 1.165) is 64.5 Å². The summed E-state index contributed by atoms with van der Waals surface area (Å²) in [6, 6.07) is 10.4. The molecule has 2 aromatic rings. The van der Waals surface area contributed by atoms with E-state index in [4.69, 9.17) is 34.7 Å². The monoisotopic (exact) mass is 602 g/mol. The quantitative estimate of drug-likeness (QED) is 0.173. The minimum absolute atomic E-state index is 0.145. The van der Waals surface area contributed by atoms with Gasteiger partial charge in [-0.3, -0.25) is 9.59 Å². The van der Waals surface area contributed by atoms with Gasteiger partial charge in [-0.15, -0.1) is 0 Å². The van der Waals surface area contributed by atoms with Gasteiger partial charge in [0.1, 0.15) is 0 Å². The van der Waals surface area contributed by atoms with Crippen LogP contribution >= 0.6 is 23.2 Å². The first-order chi connectivity index (χ1) is 19.2. The summed E-state index contributed by atoms with van der Waals surface area (Å²) in [5, 5.41) is 7.79. The standard InChI is InChI=1S/C17H25ClN2O.C16H23ClN2O/c1-16(2,3)8-9-17(7-4-10-20-17)15(21)12-5-6-14(19)13(18)11-12;1-11(2)6-8-16(7-3-9-19-16)15(20)12-4-5-14(18)13(17)10-12/h5-6,11,20H,4,7-10,19H2,1-3H3;4-5,10-11,19H,3,6-9,18H2,1-2H3. The number of Topliss-reactive ketones (excluding diaryl/α,β-unsaturated/α-hetero) is 2. The van der Waals surface area contributed by atoms with Crippen molar-refractivity contribution in [3.05, 3.63) is 57.6 Å². The summed E-state index contributed by atoms with van der Waals surface area (Å²) in [4.78, 5) is 25.9. The number of carbonyl (C=O) groups is 2. The van der Waals surface area contributed by atoms with Crippen LogP contribution in [0.1, 0.15) is 107 Å². The number of anilines is 2. The molecular formula is C33H48Cl2N4O2. The largest absolute Gasteiger partial charge is 0.398 e. The van der Waals surface area contributed by atoms with E-state index in [1.165, 1.54) is 0 Å². The van der Waals surface area contributed by atoms with E-state index in [1.807, 2.05) is 0 Å². The molecular weight excluding hydrogens is 555 g/mol. The van der Waals surface area contributed by atoms with E-state index in [9.17, 15) is 9.59 Å². The highest BCUT2D eigenvalue weighted by Crippen LogP contribution is 2.35. The average molecular weight is 604 g/mol. The summed E-state index contributed by atoms with van der Waals surface area (Å²) < 4.78 is 0. The first-order valence-corrected chi connectivity index (χ1v) is 15.6. The molecule has 2 aliphatic rings. The third-order valence-electron chi connectivity index (χ3n) is 8.33. The molecule has 0 spiro atoms. The summed E-state index contributed by atoms with van der Waals surface area (Å²) in [5.41, 5.74) is 13.1. The number of ketones is 2. The highest BCUT2D eigenvalue weighted by molar-refractivity contribution is 6.34. The molecule has 2 aliphatic heterocycles. The second-order valence-electron chi connectivity index (χ2n) is 13.3. The van der Waals surface area contributed by atoms with Crippen LogP contribution in [0.3, 0.4) is 0 Å². The van der Waals surface area contributed by atoms with E-state index in [0.29, 0.717) is 38.5 Å². The number of benzene rings is 2. The molecule has 8 heteroatoms. The van der Waals surface area contributed by atoms with Gasteiger partial charge in [0.05, 0.1) is 32.5 Å². The molecule has 2 fully saturated rings. The zero-order valence-corrected chi connectivity index (χ0v) is 26.9. The van der Waals surface area contributed by atoms with Crippen LogP contribution < -0.4 is 22.1 Å². The number of rotatable bonds is 9. The van der Waals surface area contributed by atoms with E-state index in [-0.39, 0.29) is 17.0 Å². The van der Waals surface area contributed by atoms with Gasteiger partial charge in [0.25, 0.3) is 0 Å². The van der Waals surface area contributed by atoms with E-state index < -0.39 is 11.1 Å². The van der Waals surface area contributed by atoms with Crippen LogP contribution in [-0.4, -0.2) is 35.7 Å². The lowest BCUT2D eigenvalue weighted by Crippen LogP contribution is -2.48. The predicted molar refractivity (Wildman–Crippen MR) is 173 cm³/mol. The van der Waals surface area contributed by atoms with Crippen LogP contribution in [-0.2, 0) is 0 Å². The maximum Gasteiger partial charge on any atom is 0.182 e. The Balaban J connectivity index is 0.000000226. The Hall–Kier alpha value is -2.12. The molecule has 2 saturated heterocycles. The lowest BCUT2D eigenvalue weighted by Gasteiger charge is -2.31. The third-order valence-corrected chi connectivity index (χ3v) is 8.99. The van der Waals surface area contributed by atoms with Crippen molar-refractivity contribution >= 4 is 46.1 Å². The van der Waals surface area contributed by atoms with E-state index in [1.54, 1.807) is 36.4 Å². The lowest BCUT2D eigenvalue weighted by molar-refractivity contribution is 0.0841. The van der Waals surface area contributed by atoms with Crippen LogP contribution in [0.25, 0.3) is 0 Å². The van der Waals surface area contributed by atoms with Gasteiger partial charge in [0.15, 0.2) is 11.6 Å². The summed E-state index contributed by atoms with van der Waals surface area (Å²) in [6.07, 6.45) is 7.67. The normalized spacial score (nSPS) is 22.4. The topological polar surface area (TPSA) is 110 Å². The fourth-order valence-electron chi connectivity index (χ4n) is 5.67. The number of nitrogens with two attached hydrogens (primary N) is 2. The fourth-order valence-corrected chi connectivity index (χ4v) is 6.03. The average Bonchev–Trinajstić information content (AvgIpc) is 3.60. The van der Waals surface area contributed by atoms with Crippen LogP contribution in [0.2, 0.25) is 10.0 Å². The molecule has 0 saturated carbocycles. The molecule has 2 aromatic carbocycles. The number of carbonyl (C=O) groups excluding carboxylic acids is 2. The molecule has 0 amide bonds. The molecule has 0 radical (unpaired) electrons. The Labute approximate surface area is 256 Å². The van der Waals surface area contributed by atoms with Crippen LogP contribution in [0.5, 0.6) is 0 Å². The van der Waals surface area contributed by atoms with Crippen molar-refractivity contribution in [3.8, 4) is 0 Å². The summed E-state index contributed by atoms with van der Waals surface area (Å²) in [7, 11) is 0. The zero-order valence-electron chi connectivity index (χ0n) is 25.3. The third kappa shape index (κ3) is 8.70. The van der Waals surface area contributed by atoms with Gasteiger partial charge in [0, 0.05) is 11.1 Å². The zero-order chi connectivity index (χ0) is 30.4. The molecule has 2 heterocycles. The van der Waals surface area contributed by atoms with Gasteiger partial charge in [-0.05, 0) is 112 Å². The van der Waals surface area contributed by atoms with Crippen molar-refractivity contribution in [2.24, 2.45) is 11.3 Å². The maximum atomic E-state index is 13.0. The number of halogens is 2. The molecule has 226 valence electrons. The number of nitrogens with one attached hydrogen (secondary N) is 2. The summed E-state index contributed by atoms with van der Waals surface area (Å²) >= 11 is 12.1. The minimum Gasteiger partial charge on any atom is -0.398 e. The molecule has 2 atom stereocenters. The van der Waals surface area contributed by atoms with Crippen molar-refractivity contribution in [3.63, 3.8) is 0 Å². The Bertz CT molecular complexity index is 1210. The number of nitrogen functional groups attached to an aromatic ring is 2. The van der Waals surface area contributed by atoms with Crippen molar-refractivity contribution in [2.45, 2.75) is 97.1 Å². The first-order valence-electron chi connectivity index (χ1n) is 14.9. The maximum absolute atomic E-state index is 13.0. The number of hydrogen-bond acceptors (Lipinski definition) is 6. The van der Waals surface area contributed by atoms with Crippen molar-refractivity contribution in [1.82, 2.24) is 10.6 Å². The van der Waals surface area contributed by atoms with Crippen LogP contribution in [0, 0.1) is 11.3 Å². The molecule has 2 unspecified atom stereocenters. The predicted octanol–water partition coefficient (Wildman–Crippen LogP) is 7.72. The first kappa shape index (κ1) is 33.4. The van der Waals surface area contributed by atoms with Gasteiger partial charge in [0.2, 0.25) is 0 Å². The highest BCUT2D eigenvalue weighted by atomic mass is 35.5. The van der Waals surface area contributed by atoms with Crippen LogP contribution in [0.15, 0.2) is 36.4 Å². The number of hydrogen-bond donors (Lipinski definition) is 4. The van der Waals surface area contributed by atoms with Gasteiger partial charge < -0.3 is 22.1 Å². The van der Waals surface area contributed by atoms with Gasteiger partial charge in [-0.2, -0.15) is 0 Å². The molecule has 41 heavy (non-hydrogen) atoms. The molecule has 0 bridgehead atoms. The molecule has 4 rings (SSSR count).